The van der Waals surface area contributed by atoms with Gasteiger partial charge in [0, 0.05) is 11.8 Å². The number of hydrogen-bond donors (Lipinski definition) is 1. The van der Waals surface area contributed by atoms with Crippen molar-refractivity contribution in [2.24, 2.45) is 5.10 Å². The first-order valence-electron chi connectivity index (χ1n) is 9.68. The molecular weight excluding hydrogens is 437 g/mol. The van der Waals surface area contributed by atoms with Crippen molar-refractivity contribution in [3.63, 3.8) is 0 Å². The van der Waals surface area contributed by atoms with Crippen LogP contribution in [0.1, 0.15) is 34.8 Å². The molecule has 0 saturated heterocycles. The van der Waals surface area contributed by atoms with Crippen molar-refractivity contribution >= 4 is 35.3 Å². The van der Waals surface area contributed by atoms with Crippen molar-refractivity contribution in [2.75, 3.05) is 6.61 Å². The summed E-state index contributed by atoms with van der Waals surface area (Å²) in [4.78, 5) is 25.3. The smallest absolute Gasteiger partial charge is 0.276 e. The molecule has 0 saturated carbocycles. The third-order valence-corrected chi connectivity index (χ3v) is 5.09. The van der Waals surface area contributed by atoms with Gasteiger partial charge in [0.05, 0.1) is 29.4 Å². The molecule has 1 heterocycles. The Morgan fingerprint density at radius 3 is 2.71 bits per heavy atom. The van der Waals surface area contributed by atoms with Gasteiger partial charge in [-0.1, -0.05) is 48.3 Å². The van der Waals surface area contributed by atoms with Crippen LogP contribution >= 0.6 is 23.2 Å². The third kappa shape index (κ3) is 5.96. The molecule has 3 aromatic rings. The molecule has 0 bridgehead atoms. The van der Waals surface area contributed by atoms with Crippen LogP contribution in [-0.2, 0) is 6.54 Å². The molecule has 0 atom stereocenters. The SMILES string of the molecule is CCCOc1ccccc1/C=N\NC(=O)c1cccn(Cc2ccc(Cl)c(Cl)c2)c1=O. The van der Waals surface area contributed by atoms with Crippen LogP contribution in [0, 0.1) is 0 Å². The Kier molecular flexibility index (Phi) is 7.87. The second-order valence-corrected chi connectivity index (χ2v) is 7.50. The van der Waals surface area contributed by atoms with Crippen molar-refractivity contribution in [1.82, 2.24) is 9.99 Å². The quantitative estimate of drug-likeness (QED) is 0.391. The summed E-state index contributed by atoms with van der Waals surface area (Å²) in [6.45, 7) is 2.85. The molecular formula is C23H21Cl2N3O3. The van der Waals surface area contributed by atoms with Crippen LogP contribution in [0.15, 0.2) is 70.7 Å². The van der Waals surface area contributed by atoms with Crippen LogP contribution in [0.3, 0.4) is 0 Å². The largest absolute Gasteiger partial charge is 0.493 e. The zero-order valence-electron chi connectivity index (χ0n) is 16.8. The summed E-state index contributed by atoms with van der Waals surface area (Å²) in [6.07, 6.45) is 3.97. The first-order valence-corrected chi connectivity index (χ1v) is 10.4. The van der Waals surface area contributed by atoms with Gasteiger partial charge in [-0.05, 0) is 48.4 Å². The van der Waals surface area contributed by atoms with Crippen LogP contribution in [0.5, 0.6) is 5.75 Å². The monoisotopic (exact) mass is 457 g/mol. The molecule has 0 spiro atoms. The molecule has 1 amide bonds. The molecule has 0 radical (unpaired) electrons. The van der Waals surface area contributed by atoms with Gasteiger partial charge in [-0.15, -0.1) is 0 Å². The maximum atomic E-state index is 12.7. The minimum atomic E-state index is -0.600. The van der Waals surface area contributed by atoms with Crippen molar-refractivity contribution < 1.29 is 9.53 Å². The molecule has 1 aromatic heterocycles. The van der Waals surface area contributed by atoms with Crippen molar-refractivity contribution in [3.05, 3.63) is 97.9 Å². The van der Waals surface area contributed by atoms with Gasteiger partial charge >= 0.3 is 0 Å². The number of nitrogens with one attached hydrogen (secondary N) is 1. The van der Waals surface area contributed by atoms with E-state index in [9.17, 15) is 9.59 Å². The highest BCUT2D eigenvalue weighted by Gasteiger charge is 2.12. The van der Waals surface area contributed by atoms with Crippen LogP contribution in [0.25, 0.3) is 0 Å². The Hall–Kier alpha value is -3.09. The summed E-state index contributed by atoms with van der Waals surface area (Å²) in [5, 5.41) is 4.82. The molecule has 0 aliphatic rings. The summed E-state index contributed by atoms with van der Waals surface area (Å²) >= 11 is 12.0. The van der Waals surface area contributed by atoms with E-state index in [0.29, 0.717) is 22.4 Å². The normalized spacial score (nSPS) is 10.9. The average Bonchev–Trinajstić information content (AvgIpc) is 2.77. The Labute approximate surface area is 190 Å². The number of nitrogens with zero attached hydrogens (tertiary/aromatic N) is 2. The number of carbonyl (C=O) groups excluding carboxylic acids is 1. The van der Waals surface area contributed by atoms with Gasteiger partial charge in [-0.25, -0.2) is 5.43 Å². The Morgan fingerprint density at radius 2 is 1.94 bits per heavy atom. The fourth-order valence-electron chi connectivity index (χ4n) is 2.82. The Morgan fingerprint density at radius 1 is 1.13 bits per heavy atom. The first kappa shape index (κ1) is 22.6. The molecule has 8 heteroatoms. The number of para-hydroxylation sites is 1. The van der Waals surface area contributed by atoms with Crippen molar-refractivity contribution in [1.29, 1.82) is 0 Å². The van der Waals surface area contributed by atoms with Gasteiger partial charge in [0.25, 0.3) is 11.5 Å². The van der Waals surface area contributed by atoms with Crippen LogP contribution in [0.4, 0.5) is 0 Å². The Balaban J connectivity index is 1.73. The molecule has 0 aliphatic carbocycles. The molecule has 2 aromatic carbocycles. The van der Waals surface area contributed by atoms with Crippen LogP contribution < -0.4 is 15.7 Å². The second kappa shape index (κ2) is 10.8. The zero-order chi connectivity index (χ0) is 22.2. The van der Waals surface area contributed by atoms with E-state index in [0.717, 1.165) is 17.5 Å². The fourth-order valence-corrected chi connectivity index (χ4v) is 3.14. The number of amides is 1. The summed E-state index contributed by atoms with van der Waals surface area (Å²) in [5.41, 5.74) is 3.46. The molecule has 6 nitrogen and oxygen atoms in total. The minimum absolute atomic E-state index is 0.0183. The summed E-state index contributed by atoms with van der Waals surface area (Å²) in [5.74, 6) is 0.0720. The van der Waals surface area contributed by atoms with E-state index in [4.69, 9.17) is 27.9 Å². The molecule has 160 valence electrons. The summed E-state index contributed by atoms with van der Waals surface area (Å²) in [6, 6.07) is 15.6. The standard InChI is InChI=1S/C23H21Cl2N3O3/c1-2-12-31-21-8-4-3-6-17(21)14-26-27-22(29)18-7-5-11-28(23(18)30)15-16-9-10-19(24)20(25)13-16/h3-11,13-14H,2,12,15H2,1H3,(H,27,29)/b26-14-. The predicted molar refractivity (Wildman–Crippen MR) is 124 cm³/mol. The molecule has 0 aliphatic heterocycles. The summed E-state index contributed by atoms with van der Waals surface area (Å²) in [7, 11) is 0. The van der Waals surface area contributed by atoms with Crippen LogP contribution in [-0.4, -0.2) is 23.3 Å². The van der Waals surface area contributed by atoms with Crippen LogP contribution in [0.2, 0.25) is 10.0 Å². The number of aromatic nitrogens is 1. The number of carbonyl (C=O) groups is 1. The number of benzene rings is 2. The lowest BCUT2D eigenvalue weighted by atomic mass is 10.2. The van der Waals surface area contributed by atoms with E-state index in [1.807, 2.05) is 31.2 Å². The number of pyridine rings is 1. The van der Waals surface area contributed by atoms with E-state index in [1.165, 1.54) is 16.8 Å². The highest BCUT2D eigenvalue weighted by atomic mass is 35.5. The third-order valence-electron chi connectivity index (χ3n) is 4.35. The van der Waals surface area contributed by atoms with E-state index >= 15 is 0 Å². The van der Waals surface area contributed by atoms with E-state index in [1.54, 1.807) is 30.5 Å². The van der Waals surface area contributed by atoms with Gasteiger partial charge < -0.3 is 9.30 Å². The second-order valence-electron chi connectivity index (χ2n) is 6.69. The van der Waals surface area contributed by atoms with Gasteiger partial charge in [0.2, 0.25) is 0 Å². The fraction of sp³-hybridized carbons (Fsp3) is 0.174. The first-order chi connectivity index (χ1) is 15.0. The van der Waals surface area contributed by atoms with Gasteiger partial charge in [-0.2, -0.15) is 5.10 Å². The molecule has 0 unspecified atom stereocenters. The molecule has 0 fully saturated rings. The van der Waals surface area contributed by atoms with Gasteiger partial charge in [0.15, 0.2) is 0 Å². The maximum Gasteiger partial charge on any atom is 0.276 e. The van der Waals surface area contributed by atoms with Gasteiger partial charge in [-0.3, -0.25) is 9.59 Å². The highest BCUT2D eigenvalue weighted by molar-refractivity contribution is 6.42. The molecule has 31 heavy (non-hydrogen) atoms. The number of hydrogen-bond acceptors (Lipinski definition) is 4. The number of halogens is 2. The topological polar surface area (TPSA) is 72.7 Å². The molecule has 1 N–H and O–H groups in total. The number of hydrazone groups is 1. The minimum Gasteiger partial charge on any atom is -0.493 e. The van der Waals surface area contributed by atoms with Crippen molar-refractivity contribution in [3.8, 4) is 5.75 Å². The van der Waals surface area contributed by atoms with E-state index in [-0.39, 0.29) is 12.1 Å². The Bertz CT molecular complexity index is 1160. The predicted octanol–water partition coefficient (Wildman–Crippen LogP) is 4.76. The summed E-state index contributed by atoms with van der Waals surface area (Å²) < 4.78 is 7.08. The molecule has 3 rings (SSSR count). The lowest BCUT2D eigenvalue weighted by molar-refractivity contribution is 0.0953. The highest BCUT2D eigenvalue weighted by Crippen LogP contribution is 2.22. The lowest BCUT2D eigenvalue weighted by Crippen LogP contribution is -2.30. The zero-order valence-corrected chi connectivity index (χ0v) is 18.4. The van der Waals surface area contributed by atoms with Crippen molar-refractivity contribution in [2.45, 2.75) is 19.9 Å². The average molecular weight is 458 g/mol. The van der Waals surface area contributed by atoms with E-state index < -0.39 is 11.5 Å². The van der Waals surface area contributed by atoms with Gasteiger partial charge in [0.1, 0.15) is 11.3 Å². The van der Waals surface area contributed by atoms with E-state index in [2.05, 4.69) is 10.5 Å². The lowest BCUT2D eigenvalue weighted by Gasteiger charge is -2.09. The number of rotatable bonds is 8. The maximum absolute atomic E-state index is 12.7. The number of ether oxygens (including phenoxy) is 1.